The first-order valence-corrected chi connectivity index (χ1v) is 7.80. The minimum atomic E-state index is -3.78. The van der Waals surface area contributed by atoms with Gasteiger partial charge < -0.3 is 5.73 Å². The molecule has 1 heterocycles. The van der Waals surface area contributed by atoms with Gasteiger partial charge in [0.05, 0.1) is 10.6 Å². The number of nitro groups is 1. The van der Waals surface area contributed by atoms with E-state index in [1.807, 2.05) is 6.92 Å². The number of sulfonamides is 1. The maximum atomic E-state index is 12.6. The molecule has 0 aliphatic carbocycles. The predicted molar refractivity (Wildman–Crippen MR) is 74.7 cm³/mol. The summed E-state index contributed by atoms with van der Waals surface area (Å²) in [5, 5.41) is 10.8. The molecule has 1 atom stereocenters. The summed E-state index contributed by atoms with van der Waals surface area (Å²) in [6.45, 7) is 2.83. The summed E-state index contributed by atoms with van der Waals surface area (Å²) in [6, 6.07) is 3.50. The van der Waals surface area contributed by atoms with Gasteiger partial charge in [-0.15, -0.1) is 0 Å². The highest BCUT2D eigenvalue weighted by atomic mass is 32.2. The van der Waals surface area contributed by atoms with Gasteiger partial charge >= 0.3 is 0 Å². The van der Waals surface area contributed by atoms with Gasteiger partial charge in [0.1, 0.15) is 4.90 Å². The van der Waals surface area contributed by atoms with Crippen molar-refractivity contribution in [1.29, 1.82) is 0 Å². The molecule has 0 radical (unpaired) electrons. The molecule has 0 bridgehead atoms. The number of nitrogens with two attached hydrogens (primary N) is 1. The van der Waals surface area contributed by atoms with E-state index in [9.17, 15) is 18.5 Å². The van der Waals surface area contributed by atoms with Crippen molar-refractivity contribution in [3.63, 3.8) is 0 Å². The molecule has 20 heavy (non-hydrogen) atoms. The molecule has 7 nitrogen and oxygen atoms in total. The van der Waals surface area contributed by atoms with Crippen LogP contribution >= 0.6 is 0 Å². The van der Waals surface area contributed by atoms with Crippen molar-refractivity contribution in [2.45, 2.75) is 24.7 Å². The first-order chi connectivity index (χ1) is 9.32. The molecule has 1 aromatic rings. The van der Waals surface area contributed by atoms with E-state index in [0.29, 0.717) is 13.1 Å². The molecule has 1 fully saturated rings. The fourth-order valence-corrected chi connectivity index (χ4v) is 4.10. The van der Waals surface area contributed by atoms with Crippen molar-refractivity contribution in [2.24, 2.45) is 5.92 Å². The Morgan fingerprint density at radius 3 is 2.75 bits per heavy atom. The number of non-ortho nitro benzene ring substituents is 1. The van der Waals surface area contributed by atoms with E-state index in [4.69, 9.17) is 5.73 Å². The van der Waals surface area contributed by atoms with Crippen LogP contribution < -0.4 is 5.73 Å². The van der Waals surface area contributed by atoms with Crippen LogP contribution in [0.25, 0.3) is 0 Å². The van der Waals surface area contributed by atoms with E-state index in [1.165, 1.54) is 16.4 Å². The van der Waals surface area contributed by atoms with Gasteiger partial charge in [0.25, 0.3) is 5.69 Å². The largest absolute Gasteiger partial charge is 0.398 e. The third kappa shape index (κ3) is 2.75. The molecule has 0 spiro atoms. The highest BCUT2D eigenvalue weighted by molar-refractivity contribution is 7.89. The second kappa shape index (κ2) is 5.37. The van der Waals surface area contributed by atoms with Crippen molar-refractivity contribution >= 4 is 21.4 Å². The molecule has 2 N–H and O–H groups in total. The van der Waals surface area contributed by atoms with E-state index in [-0.39, 0.29) is 22.2 Å². The van der Waals surface area contributed by atoms with Gasteiger partial charge in [-0.3, -0.25) is 10.1 Å². The smallest absolute Gasteiger partial charge is 0.270 e. The van der Waals surface area contributed by atoms with Crippen LogP contribution in [-0.2, 0) is 10.0 Å². The van der Waals surface area contributed by atoms with Crippen molar-refractivity contribution in [2.75, 3.05) is 18.8 Å². The lowest BCUT2D eigenvalue weighted by Gasteiger charge is -2.30. The summed E-state index contributed by atoms with van der Waals surface area (Å²) in [5.41, 5.74) is 5.45. The molecule has 1 aliphatic heterocycles. The molecule has 2 rings (SSSR count). The van der Waals surface area contributed by atoms with E-state index in [0.717, 1.165) is 18.9 Å². The lowest BCUT2D eigenvalue weighted by atomic mass is 10.0. The van der Waals surface area contributed by atoms with Crippen molar-refractivity contribution in [1.82, 2.24) is 4.31 Å². The second-order valence-electron chi connectivity index (χ2n) is 5.09. The van der Waals surface area contributed by atoms with Crippen LogP contribution in [0.2, 0.25) is 0 Å². The molecule has 1 saturated heterocycles. The van der Waals surface area contributed by atoms with Gasteiger partial charge in [0.15, 0.2) is 0 Å². The van der Waals surface area contributed by atoms with Gasteiger partial charge in [-0.05, 0) is 24.8 Å². The molecular formula is C12H17N3O4S. The number of hydrogen-bond donors (Lipinski definition) is 1. The fraction of sp³-hybridized carbons (Fsp3) is 0.500. The number of anilines is 1. The number of nitro benzene ring substituents is 1. The van der Waals surface area contributed by atoms with Gasteiger partial charge in [-0.1, -0.05) is 6.92 Å². The third-order valence-electron chi connectivity index (χ3n) is 3.45. The summed E-state index contributed by atoms with van der Waals surface area (Å²) >= 11 is 0. The first-order valence-electron chi connectivity index (χ1n) is 6.36. The van der Waals surface area contributed by atoms with Crippen LogP contribution in [0.5, 0.6) is 0 Å². The zero-order valence-electron chi connectivity index (χ0n) is 11.2. The summed E-state index contributed by atoms with van der Waals surface area (Å²) in [4.78, 5) is 9.97. The van der Waals surface area contributed by atoms with E-state index >= 15 is 0 Å². The number of hydrogen-bond acceptors (Lipinski definition) is 5. The van der Waals surface area contributed by atoms with Crippen LogP contribution in [0.4, 0.5) is 11.4 Å². The quantitative estimate of drug-likeness (QED) is 0.518. The van der Waals surface area contributed by atoms with Crippen molar-refractivity contribution in [3.8, 4) is 0 Å². The Balaban J connectivity index is 2.43. The SMILES string of the molecule is CC1CCCN(S(=O)(=O)c2cc([N+](=O)[O-])ccc2N)C1. The average molecular weight is 299 g/mol. The second-order valence-corrected chi connectivity index (χ2v) is 7.00. The number of rotatable bonds is 3. The molecule has 0 amide bonds. The highest BCUT2D eigenvalue weighted by Crippen LogP contribution is 2.29. The Morgan fingerprint density at radius 2 is 2.15 bits per heavy atom. The van der Waals surface area contributed by atoms with Crippen LogP contribution in [-0.4, -0.2) is 30.7 Å². The molecular weight excluding hydrogens is 282 g/mol. The van der Waals surface area contributed by atoms with Gasteiger partial charge in [-0.25, -0.2) is 8.42 Å². The van der Waals surface area contributed by atoms with Crippen molar-refractivity contribution in [3.05, 3.63) is 28.3 Å². The van der Waals surface area contributed by atoms with Gasteiger partial charge in [0.2, 0.25) is 10.0 Å². The maximum Gasteiger partial charge on any atom is 0.270 e. The van der Waals surface area contributed by atoms with Crippen molar-refractivity contribution < 1.29 is 13.3 Å². The zero-order valence-corrected chi connectivity index (χ0v) is 12.0. The Kier molecular flexibility index (Phi) is 3.96. The van der Waals surface area contributed by atoms with Gasteiger partial charge in [0, 0.05) is 25.2 Å². The molecule has 1 unspecified atom stereocenters. The van der Waals surface area contributed by atoms with E-state index in [1.54, 1.807) is 0 Å². The molecule has 8 heteroatoms. The lowest BCUT2D eigenvalue weighted by molar-refractivity contribution is -0.385. The van der Waals surface area contributed by atoms with Crippen LogP contribution in [0.15, 0.2) is 23.1 Å². The summed E-state index contributed by atoms with van der Waals surface area (Å²) in [7, 11) is -3.78. The maximum absolute atomic E-state index is 12.6. The molecule has 1 aliphatic rings. The Hall–Kier alpha value is -1.67. The molecule has 110 valence electrons. The number of nitrogens with zero attached hydrogens (tertiary/aromatic N) is 2. The van der Waals surface area contributed by atoms with E-state index < -0.39 is 14.9 Å². The van der Waals surface area contributed by atoms with Crippen LogP contribution in [0, 0.1) is 16.0 Å². The molecule has 0 aromatic heterocycles. The van der Waals surface area contributed by atoms with Crippen LogP contribution in [0.3, 0.4) is 0 Å². The summed E-state index contributed by atoms with van der Waals surface area (Å²) in [5.74, 6) is 0.276. The number of benzene rings is 1. The fourth-order valence-electron chi connectivity index (χ4n) is 2.36. The summed E-state index contributed by atoms with van der Waals surface area (Å²) in [6.07, 6.45) is 1.77. The normalized spacial score (nSPS) is 20.8. The first kappa shape index (κ1) is 14.7. The highest BCUT2D eigenvalue weighted by Gasteiger charge is 2.31. The lowest BCUT2D eigenvalue weighted by Crippen LogP contribution is -2.39. The minimum Gasteiger partial charge on any atom is -0.398 e. The Morgan fingerprint density at radius 1 is 1.45 bits per heavy atom. The van der Waals surface area contributed by atoms with E-state index in [2.05, 4.69) is 0 Å². The Bertz CT molecular complexity index is 630. The Labute approximate surface area is 117 Å². The standard InChI is InChI=1S/C12H17N3O4S/c1-9-3-2-6-14(8-9)20(18,19)12-7-10(15(16)17)4-5-11(12)13/h4-5,7,9H,2-3,6,8,13H2,1H3. The minimum absolute atomic E-state index is 0.0360. The number of nitrogen functional groups attached to an aromatic ring is 1. The third-order valence-corrected chi connectivity index (χ3v) is 5.37. The zero-order chi connectivity index (χ0) is 14.9. The topological polar surface area (TPSA) is 107 Å². The molecule has 0 saturated carbocycles. The monoisotopic (exact) mass is 299 g/mol. The summed E-state index contributed by atoms with van der Waals surface area (Å²) < 4.78 is 26.5. The average Bonchev–Trinajstić information content (AvgIpc) is 2.38. The molecule has 1 aromatic carbocycles. The van der Waals surface area contributed by atoms with Gasteiger partial charge in [-0.2, -0.15) is 4.31 Å². The predicted octanol–water partition coefficient (Wildman–Crippen LogP) is 1.60. The number of piperidine rings is 1. The van der Waals surface area contributed by atoms with Crippen LogP contribution in [0.1, 0.15) is 19.8 Å².